The Morgan fingerprint density at radius 2 is 1.67 bits per heavy atom. The number of rotatable bonds is 0. The summed E-state index contributed by atoms with van der Waals surface area (Å²) in [4.78, 5) is 0. The van der Waals surface area contributed by atoms with E-state index in [-0.39, 0.29) is 10.8 Å². The molecule has 0 saturated heterocycles. The van der Waals surface area contributed by atoms with Crippen molar-refractivity contribution in [2.45, 2.75) is 84.7 Å². The Morgan fingerprint density at radius 1 is 1.00 bits per heavy atom. The minimum Gasteiger partial charge on any atom is -0.386 e. The summed E-state index contributed by atoms with van der Waals surface area (Å²) in [7, 11) is 0. The summed E-state index contributed by atoms with van der Waals surface area (Å²) < 4.78 is 0. The summed E-state index contributed by atoms with van der Waals surface area (Å²) >= 11 is 0. The van der Waals surface area contributed by atoms with E-state index in [0.29, 0.717) is 10.8 Å². The van der Waals surface area contributed by atoms with Gasteiger partial charge >= 0.3 is 0 Å². The lowest BCUT2D eigenvalue weighted by Gasteiger charge is -2.58. The lowest BCUT2D eigenvalue weighted by atomic mass is 9.45. The van der Waals surface area contributed by atoms with Crippen molar-refractivity contribution in [1.82, 2.24) is 0 Å². The Balaban J connectivity index is 1.98. The third-order valence-electron chi connectivity index (χ3n) is 9.10. The fraction of sp³-hybridized carbons (Fsp3) is 0.900. The first-order valence-electron chi connectivity index (χ1n) is 9.08. The van der Waals surface area contributed by atoms with E-state index in [1.165, 1.54) is 50.5 Å². The zero-order valence-corrected chi connectivity index (χ0v) is 14.4. The molecule has 0 aromatic carbocycles. The van der Waals surface area contributed by atoms with Gasteiger partial charge in [-0.2, -0.15) is 0 Å². The summed E-state index contributed by atoms with van der Waals surface area (Å²) in [5, 5.41) is 11.0. The van der Waals surface area contributed by atoms with Crippen LogP contribution in [0.5, 0.6) is 0 Å². The quantitative estimate of drug-likeness (QED) is 0.616. The smallest absolute Gasteiger partial charge is 0.0837 e. The van der Waals surface area contributed by atoms with E-state index >= 15 is 0 Å². The van der Waals surface area contributed by atoms with Crippen LogP contribution in [-0.4, -0.2) is 10.7 Å². The summed E-state index contributed by atoms with van der Waals surface area (Å²) in [6, 6.07) is 0. The molecule has 6 atom stereocenters. The highest BCUT2D eigenvalue weighted by atomic mass is 16.3. The molecule has 4 aliphatic rings. The average molecular weight is 288 g/mol. The maximum atomic E-state index is 11.0. The summed E-state index contributed by atoms with van der Waals surface area (Å²) in [5.74, 6) is 0.784. The van der Waals surface area contributed by atoms with Crippen LogP contribution in [0.25, 0.3) is 0 Å². The van der Waals surface area contributed by atoms with Crippen LogP contribution in [0, 0.1) is 27.6 Å². The fourth-order valence-corrected chi connectivity index (χ4v) is 8.47. The molecular weight excluding hydrogens is 256 g/mol. The molecular formula is C20H32O. The molecule has 1 heteroatoms. The normalized spacial score (nSPS) is 62.5. The van der Waals surface area contributed by atoms with E-state index in [9.17, 15) is 5.11 Å². The third kappa shape index (κ3) is 1.20. The van der Waals surface area contributed by atoms with E-state index in [0.717, 1.165) is 12.3 Å². The Labute approximate surface area is 130 Å². The fourth-order valence-electron chi connectivity index (χ4n) is 8.47. The van der Waals surface area contributed by atoms with E-state index < -0.39 is 5.60 Å². The number of hydrogen-bond donors (Lipinski definition) is 1. The maximum Gasteiger partial charge on any atom is 0.0837 e. The standard InChI is InChI=1S/C20H32O/c1-14-7-6-8-16(3)9-12-20-15(2)18(5,21)13-17(20,4)10-11-19(14,16)20/h14,21H,2,6-13H2,1,3-5H3/t14-,16+,17-,18+,19+,20+/m1/s1. The van der Waals surface area contributed by atoms with Crippen LogP contribution in [-0.2, 0) is 0 Å². The Kier molecular flexibility index (Phi) is 2.46. The van der Waals surface area contributed by atoms with Crippen LogP contribution in [0.2, 0.25) is 0 Å². The van der Waals surface area contributed by atoms with Crippen LogP contribution in [0.15, 0.2) is 12.2 Å². The van der Waals surface area contributed by atoms with Crippen molar-refractivity contribution < 1.29 is 5.11 Å². The molecule has 4 fully saturated rings. The first-order chi connectivity index (χ1) is 9.65. The maximum absolute atomic E-state index is 11.0. The Bertz CT molecular complexity index is 520. The molecule has 4 aliphatic carbocycles. The molecule has 1 N–H and O–H groups in total. The minimum absolute atomic E-state index is 0.206. The van der Waals surface area contributed by atoms with Gasteiger partial charge in [-0.05, 0) is 73.2 Å². The van der Waals surface area contributed by atoms with Crippen LogP contribution < -0.4 is 0 Å². The first kappa shape index (κ1) is 14.3. The van der Waals surface area contributed by atoms with Gasteiger partial charge in [0.2, 0.25) is 0 Å². The highest BCUT2D eigenvalue weighted by Gasteiger charge is 2.80. The molecule has 118 valence electrons. The Hall–Kier alpha value is -0.300. The predicted octanol–water partition coefficient (Wildman–Crippen LogP) is 5.09. The van der Waals surface area contributed by atoms with Crippen molar-refractivity contribution >= 4 is 0 Å². The molecule has 0 unspecified atom stereocenters. The molecule has 4 rings (SSSR count). The van der Waals surface area contributed by atoms with Crippen molar-refractivity contribution in [3.63, 3.8) is 0 Å². The van der Waals surface area contributed by atoms with E-state index in [2.05, 4.69) is 27.4 Å². The molecule has 21 heavy (non-hydrogen) atoms. The highest BCUT2D eigenvalue weighted by molar-refractivity contribution is 5.42. The van der Waals surface area contributed by atoms with Crippen molar-refractivity contribution in [2.75, 3.05) is 0 Å². The second-order valence-electron chi connectivity index (χ2n) is 9.72. The minimum atomic E-state index is -0.648. The molecule has 2 spiro atoms. The van der Waals surface area contributed by atoms with Gasteiger partial charge in [-0.25, -0.2) is 0 Å². The van der Waals surface area contributed by atoms with Crippen LogP contribution in [0.3, 0.4) is 0 Å². The topological polar surface area (TPSA) is 20.2 Å². The van der Waals surface area contributed by atoms with Gasteiger partial charge in [0.05, 0.1) is 5.60 Å². The molecule has 0 aromatic heterocycles. The molecule has 0 aliphatic heterocycles. The van der Waals surface area contributed by atoms with Crippen molar-refractivity contribution in [3.05, 3.63) is 12.2 Å². The summed E-state index contributed by atoms with van der Waals surface area (Å²) in [6.07, 6.45) is 10.4. The molecule has 0 aromatic rings. The van der Waals surface area contributed by atoms with Gasteiger partial charge in [-0.3, -0.25) is 0 Å². The number of aliphatic hydroxyl groups is 1. The summed E-state index contributed by atoms with van der Waals surface area (Å²) in [5.41, 5.74) is 1.92. The van der Waals surface area contributed by atoms with E-state index in [4.69, 9.17) is 0 Å². The summed E-state index contributed by atoms with van der Waals surface area (Å²) in [6.45, 7) is 14.1. The molecule has 0 heterocycles. The van der Waals surface area contributed by atoms with Crippen molar-refractivity contribution in [1.29, 1.82) is 0 Å². The monoisotopic (exact) mass is 288 g/mol. The van der Waals surface area contributed by atoms with Crippen molar-refractivity contribution in [2.24, 2.45) is 27.6 Å². The Morgan fingerprint density at radius 3 is 2.38 bits per heavy atom. The highest BCUT2D eigenvalue weighted by Crippen LogP contribution is 2.86. The first-order valence-corrected chi connectivity index (χ1v) is 9.08. The predicted molar refractivity (Wildman–Crippen MR) is 86.9 cm³/mol. The molecule has 0 amide bonds. The average Bonchev–Trinajstić information content (AvgIpc) is 2.86. The largest absolute Gasteiger partial charge is 0.386 e. The zero-order valence-electron chi connectivity index (χ0n) is 14.4. The van der Waals surface area contributed by atoms with Gasteiger partial charge in [0.15, 0.2) is 0 Å². The second kappa shape index (κ2) is 3.61. The molecule has 1 nitrogen and oxygen atoms in total. The second-order valence-corrected chi connectivity index (χ2v) is 9.72. The SMILES string of the molecule is C=C1[C@]23CC[C@]4(C)CCC[C@@H](C)[C@@]42CC[C@]3(C)C[C@]1(C)O. The third-order valence-corrected chi connectivity index (χ3v) is 9.10. The lowest BCUT2D eigenvalue weighted by molar-refractivity contribution is -0.0830. The van der Waals surface area contributed by atoms with Gasteiger partial charge in [0.25, 0.3) is 0 Å². The van der Waals surface area contributed by atoms with Gasteiger partial charge in [0, 0.05) is 5.41 Å². The molecule has 0 radical (unpaired) electrons. The van der Waals surface area contributed by atoms with Gasteiger partial charge in [-0.1, -0.05) is 40.2 Å². The van der Waals surface area contributed by atoms with E-state index in [1.807, 2.05) is 6.92 Å². The number of hydrogen-bond acceptors (Lipinski definition) is 1. The van der Waals surface area contributed by atoms with Gasteiger partial charge in [-0.15, -0.1) is 0 Å². The van der Waals surface area contributed by atoms with Crippen LogP contribution >= 0.6 is 0 Å². The van der Waals surface area contributed by atoms with Crippen LogP contribution in [0.4, 0.5) is 0 Å². The van der Waals surface area contributed by atoms with E-state index in [1.54, 1.807) is 0 Å². The zero-order chi connectivity index (χ0) is 15.3. The molecule has 4 saturated carbocycles. The van der Waals surface area contributed by atoms with Gasteiger partial charge < -0.3 is 5.11 Å². The van der Waals surface area contributed by atoms with Crippen LogP contribution in [0.1, 0.15) is 79.1 Å². The van der Waals surface area contributed by atoms with Crippen molar-refractivity contribution in [3.8, 4) is 0 Å². The lowest BCUT2D eigenvalue weighted by Crippen LogP contribution is -2.53. The van der Waals surface area contributed by atoms with Gasteiger partial charge in [0.1, 0.15) is 0 Å². The molecule has 0 bridgehead atoms.